The molecule has 3 rings (SSSR count). The fourth-order valence-corrected chi connectivity index (χ4v) is 4.40. The van der Waals surface area contributed by atoms with Crippen molar-refractivity contribution in [2.45, 2.75) is 97.3 Å². The van der Waals surface area contributed by atoms with E-state index >= 15 is 0 Å². The minimum Gasteiger partial charge on any atom is -0.478 e. The fraction of sp³-hybridized carbons (Fsp3) is 0.485. The number of halogens is 2. The number of aromatic carboxylic acids is 1. The molecule has 0 saturated heterocycles. The van der Waals surface area contributed by atoms with Gasteiger partial charge in [0.2, 0.25) is 0 Å². The summed E-state index contributed by atoms with van der Waals surface area (Å²) in [5, 5.41) is 9.99. The van der Waals surface area contributed by atoms with Crippen LogP contribution in [0.5, 0.6) is 0 Å². The molecule has 218 valence electrons. The number of aromatic nitrogens is 1. The van der Waals surface area contributed by atoms with Gasteiger partial charge in [-0.05, 0) is 49.1 Å². The Morgan fingerprint density at radius 2 is 1.40 bits per heavy atom. The molecule has 0 aliphatic heterocycles. The van der Waals surface area contributed by atoms with Crippen molar-refractivity contribution < 1.29 is 28.2 Å². The number of fused-ring (bicyclic) bond motifs is 1. The Kier molecular flexibility index (Phi) is 15.5. The van der Waals surface area contributed by atoms with Gasteiger partial charge < -0.3 is 9.84 Å². The summed E-state index contributed by atoms with van der Waals surface area (Å²) in [6.45, 7) is 4.74. The van der Waals surface area contributed by atoms with Crippen LogP contribution in [0.2, 0.25) is 0 Å². The number of aryl methyl sites for hydroxylation is 1. The summed E-state index contributed by atoms with van der Waals surface area (Å²) in [4.78, 5) is 27.8. The number of ether oxygens (including phenoxy) is 1. The summed E-state index contributed by atoms with van der Waals surface area (Å²) in [5.41, 5.74) is 1.69. The number of carbonyl (C=O) groups excluding carboxylic acids is 1. The predicted octanol–water partition coefficient (Wildman–Crippen LogP) is 9.32. The van der Waals surface area contributed by atoms with Crippen LogP contribution in [0, 0.1) is 11.6 Å². The van der Waals surface area contributed by atoms with Crippen LogP contribution in [0.15, 0.2) is 48.7 Å². The Labute approximate surface area is 237 Å². The first-order valence-electron chi connectivity index (χ1n) is 14.6. The number of carbonyl (C=O) groups is 2. The van der Waals surface area contributed by atoms with Crippen LogP contribution in [-0.2, 0) is 11.2 Å². The number of nitrogens with zero attached hydrogens (tertiary/aromatic N) is 1. The summed E-state index contributed by atoms with van der Waals surface area (Å²) in [6.07, 6.45) is 16.3. The maximum Gasteiger partial charge on any atom is 0.339 e. The highest BCUT2D eigenvalue weighted by atomic mass is 19.2. The molecule has 7 heteroatoms. The Morgan fingerprint density at radius 3 is 2.08 bits per heavy atom. The van der Waals surface area contributed by atoms with Crippen molar-refractivity contribution >= 4 is 22.8 Å². The van der Waals surface area contributed by atoms with Crippen LogP contribution < -0.4 is 0 Å². The average Bonchev–Trinajstić information content (AvgIpc) is 2.95. The van der Waals surface area contributed by atoms with E-state index in [0.29, 0.717) is 17.5 Å². The van der Waals surface area contributed by atoms with Crippen LogP contribution in [-0.4, -0.2) is 28.6 Å². The summed E-state index contributed by atoms with van der Waals surface area (Å²) in [5.74, 6) is -3.30. The molecule has 0 bridgehead atoms. The van der Waals surface area contributed by atoms with Gasteiger partial charge in [0.15, 0.2) is 11.6 Å². The zero-order valence-electron chi connectivity index (χ0n) is 23.9. The molecule has 3 aromatic rings. The molecule has 0 unspecified atom stereocenters. The first-order valence-corrected chi connectivity index (χ1v) is 14.6. The van der Waals surface area contributed by atoms with Gasteiger partial charge in [0, 0.05) is 17.6 Å². The molecule has 0 saturated carbocycles. The molecule has 1 N–H and O–H groups in total. The number of rotatable bonds is 16. The van der Waals surface area contributed by atoms with E-state index in [1.807, 2.05) is 6.07 Å². The molecular formula is C33H43F2NO4. The second-order valence-electron chi connectivity index (χ2n) is 10.1. The van der Waals surface area contributed by atoms with E-state index in [9.17, 15) is 23.5 Å². The monoisotopic (exact) mass is 555 g/mol. The molecule has 0 amide bonds. The van der Waals surface area contributed by atoms with Gasteiger partial charge >= 0.3 is 11.9 Å². The molecule has 1 heterocycles. The predicted molar refractivity (Wildman–Crippen MR) is 156 cm³/mol. The van der Waals surface area contributed by atoms with Gasteiger partial charge in [0.05, 0.1) is 23.3 Å². The Bertz CT molecular complexity index is 1160. The molecule has 2 aromatic carbocycles. The van der Waals surface area contributed by atoms with E-state index in [0.717, 1.165) is 49.8 Å². The second kappa shape index (κ2) is 18.9. The highest BCUT2D eigenvalue weighted by Crippen LogP contribution is 2.18. The molecule has 1 aromatic heterocycles. The highest BCUT2D eigenvalue weighted by molar-refractivity contribution is 6.02. The minimum atomic E-state index is -1.09. The summed E-state index contributed by atoms with van der Waals surface area (Å²) >= 11 is 0. The lowest BCUT2D eigenvalue weighted by Gasteiger charge is -2.10. The lowest BCUT2D eigenvalue weighted by molar-refractivity contribution is 0.0487. The first-order chi connectivity index (χ1) is 19.4. The number of unbranched alkanes of at least 4 members (excludes halogenated alkanes) is 10. The molecule has 0 aliphatic rings. The number of esters is 1. The van der Waals surface area contributed by atoms with Crippen LogP contribution in [0.1, 0.15) is 117 Å². The van der Waals surface area contributed by atoms with Crippen molar-refractivity contribution in [1.82, 2.24) is 4.98 Å². The number of carboxylic acids is 1. The summed E-state index contributed by atoms with van der Waals surface area (Å²) < 4.78 is 30.6. The molecule has 0 radical (unpaired) electrons. The lowest BCUT2D eigenvalue weighted by atomic mass is 9.99. The van der Waals surface area contributed by atoms with Crippen molar-refractivity contribution in [3.63, 3.8) is 0 Å². The standard InChI is InChI=1S/C24H38O4.C9H5F2N/c1-3-5-7-9-11-13-15-20-16-17-21(23(25)26)22(19-20)24(27)28-18-14-12-10-8-6-4-2;10-7-4-6-2-1-3-12-9(6)5-8(7)11/h16-17,19H,3-15,18H2,1-2H3,(H,25,26);1-5H. The van der Waals surface area contributed by atoms with Gasteiger partial charge in [0.25, 0.3) is 0 Å². The molecule has 5 nitrogen and oxygen atoms in total. The summed E-state index contributed by atoms with van der Waals surface area (Å²) in [7, 11) is 0. The molecular weight excluding hydrogens is 512 g/mol. The van der Waals surface area contributed by atoms with E-state index in [2.05, 4.69) is 18.8 Å². The van der Waals surface area contributed by atoms with Gasteiger partial charge in [-0.15, -0.1) is 0 Å². The average molecular weight is 556 g/mol. The zero-order chi connectivity index (χ0) is 29.2. The van der Waals surface area contributed by atoms with Gasteiger partial charge in [-0.3, -0.25) is 4.98 Å². The topological polar surface area (TPSA) is 76.5 Å². The van der Waals surface area contributed by atoms with Gasteiger partial charge in [-0.25, -0.2) is 18.4 Å². The normalized spacial score (nSPS) is 10.7. The number of benzene rings is 2. The number of pyridine rings is 1. The van der Waals surface area contributed by atoms with Crippen LogP contribution in [0.25, 0.3) is 10.9 Å². The van der Waals surface area contributed by atoms with E-state index in [-0.39, 0.29) is 11.1 Å². The highest BCUT2D eigenvalue weighted by Gasteiger charge is 2.18. The smallest absolute Gasteiger partial charge is 0.339 e. The molecule has 0 aliphatic carbocycles. The SMILES string of the molecule is CCCCCCCCOC(=O)c1cc(CCCCCCCC)ccc1C(=O)O.Fc1cc2cccnc2cc1F. The van der Waals surface area contributed by atoms with Crippen molar-refractivity contribution in [1.29, 1.82) is 0 Å². The van der Waals surface area contributed by atoms with Crippen molar-refractivity contribution in [3.05, 3.63) is 77.0 Å². The van der Waals surface area contributed by atoms with E-state index in [1.54, 1.807) is 24.4 Å². The minimum absolute atomic E-state index is 0.0274. The van der Waals surface area contributed by atoms with E-state index in [1.165, 1.54) is 57.4 Å². The number of carboxylic acid groups (broad SMARTS) is 1. The van der Waals surface area contributed by atoms with E-state index in [4.69, 9.17) is 4.74 Å². The number of hydrogen-bond acceptors (Lipinski definition) is 4. The van der Waals surface area contributed by atoms with Crippen molar-refractivity contribution in [3.8, 4) is 0 Å². The van der Waals surface area contributed by atoms with Gasteiger partial charge in [-0.2, -0.15) is 0 Å². The maximum atomic E-state index is 12.6. The Hall–Kier alpha value is -3.35. The van der Waals surface area contributed by atoms with Gasteiger partial charge in [-0.1, -0.05) is 90.2 Å². The van der Waals surface area contributed by atoms with Crippen molar-refractivity contribution in [2.75, 3.05) is 6.61 Å². The van der Waals surface area contributed by atoms with Gasteiger partial charge in [0.1, 0.15) is 0 Å². The third-order valence-electron chi connectivity index (χ3n) is 6.73. The Balaban J connectivity index is 0.000000382. The van der Waals surface area contributed by atoms with E-state index < -0.39 is 23.6 Å². The molecule has 0 fully saturated rings. The quantitative estimate of drug-likeness (QED) is 0.141. The zero-order valence-corrected chi connectivity index (χ0v) is 23.9. The molecule has 0 spiro atoms. The molecule has 40 heavy (non-hydrogen) atoms. The molecule has 0 atom stereocenters. The van der Waals surface area contributed by atoms with Crippen molar-refractivity contribution in [2.24, 2.45) is 0 Å². The van der Waals surface area contributed by atoms with Crippen LogP contribution in [0.4, 0.5) is 8.78 Å². The van der Waals surface area contributed by atoms with Crippen LogP contribution >= 0.6 is 0 Å². The fourth-order valence-electron chi connectivity index (χ4n) is 4.40. The number of hydrogen-bond donors (Lipinski definition) is 1. The first kappa shape index (κ1) is 32.9. The van der Waals surface area contributed by atoms with Crippen LogP contribution in [0.3, 0.4) is 0 Å². The Morgan fingerprint density at radius 1 is 0.775 bits per heavy atom. The second-order valence-corrected chi connectivity index (χ2v) is 10.1. The largest absolute Gasteiger partial charge is 0.478 e. The maximum absolute atomic E-state index is 12.6. The lowest BCUT2D eigenvalue weighted by Crippen LogP contribution is -2.13. The third-order valence-corrected chi connectivity index (χ3v) is 6.73. The summed E-state index contributed by atoms with van der Waals surface area (Å²) in [6, 6.07) is 10.7. The third kappa shape index (κ3) is 11.8.